The molecule has 16 heavy (non-hydrogen) atoms. The number of hydrogen-bond donors (Lipinski definition) is 1. The summed E-state index contributed by atoms with van der Waals surface area (Å²) in [5.74, 6) is -0.0341. The molecule has 0 saturated carbocycles. The van der Waals surface area contributed by atoms with Gasteiger partial charge >= 0.3 is 0 Å². The molecule has 2 saturated heterocycles. The average Bonchev–Trinajstić information content (AvgIpc) is 2.12. The van der Waals surface area contributed by atoms with Crippen molar-refractivity contribution in [1.82, 2.24) is 4.31 Å². The van der Waals surface area contributed by atoms with Gasteiger partial charge in [-0.15, -0.1) is 0 Å². The Morgan fingerprint density at radius 1 is 1.12 bits per heavy atom. The summed E-state index contributed by atoms with van der Waals surface area (Å²) in [5.41, 5.74) is 5.54. The summed E-state index contributed by atoms with van der Waals surface area (Å²) < 4.78 is 47.8. The first-order valence-electron chi connectivity index (χ1n) is 5.26. The molecule has 0 radical (unpaired) electrons. The van der Waals surface area contributed by atoms with Gasteiger partial charge in [-0.1, -0.05) is 0 Å². The molecular weight excluding hydrogens is 252 g/mol. The van der Waals surface area contributed by atoms with Gasteiger partial charge < -0.3 is 5.73 Å². The fourth-order valence-electron chi connectivity index (χ4n) is 2.05. The standard InChI is InChI=1S/C8H16N2O4S2/c9-7-5-10(6-7)16(13,14)8-1-3-15(11,12)4-2-8/h7-8H,1-6,9H2. The quantitative estimate of drug-likeness (QED) is 0.660. The Labute approximate surface area is 95.8 Å². The number of nitrogens with zero attached hydrogens (tertiary/aromatic N) is 1. The van der Waals surface area contributed by atoms with Crippen LogP contribution < -0.4 is 5.73 Å². The highest BCUT2D eigenvalue weighted by Gasteiger charge is 2.41. The molecule has 2 aliphatic rings. The van der Waals surface area contributed by atoms with E-state index >= 15 is 0 Å². The Hall–Kier alpha value is -0.180. The highest BCUT2D eigenvalue weighted by Crippen LogP contribution is 2.25. The number of nitrogens with two attached hydrogens (primary N) is 1. The van der Waals surface area contributed by atoms with Crippen molar-refractivity contribution in [3.63, 3.8) is 0 Å². The third kappa shape index (κ3) is 2.24. The van der Waals surface area contributed by atoms with E-state index in [0.29, 0.717) is 13.1 Å². The molecule has 2 aliphatic heterocycles. The maximum atomic E-state index is 12.0. The highest BCUT2D eigenvalue weighted by atomic mass is 32.2. The molecule has 0 amide bonds. The summed E-state index contributed by atoms with van der Waals surface area (Å²) in [7, 11) is -6.33. The van der Waals surface area contributed by atoms with E-state index in [2.05, 4.69) is 0 Å². The van der Waals surface area contributed by atoms with Crippen molar-refractivity contribution in [1.29, 1.82) is 0 Å². The fraction of sp³-hybridized carbons (Fsp3) is 1.00. The van der Waals surface area contributed by atoms with Gasteiger partial charge in [0, 0.05) is 19.1 Å². The molecule has 0 atom stereocenters. The minimum atomic E-state index is -3.32. The van der Waals surface area contributed by atoms with E-state index in [-0.39, 0.29) is 30.4 Å². The zero-order valence-electron chi connectivity index (χ0n) is 8.87. The summed E-state index contributed by atoms with van der Waals surface area (Å²) in [6.45, 7) is 0.733. The lowest BCUT2D eigenvalue weighted by Gasteiger charge is -2.38. The second kappa shape index (κ2) is 3.94. The molecule has 94 valence electrons. The number of sulfone groups is 1. The maximum Gasteiger partial charge on any atom is 0.217 e. The van der Waals surface area contributed by atoms with Gasteiger partial charge in [-0.05, 0) is 12.8 Å². The second-order valence-corrected chi connectivity index (χ2v) is 8.99. The van der Waals surface area contributed by atoms with Crippen LogP contribution in [0.4, 0.5) is 0 Å². The van der Waals surface area contributed by atoms with E-state index in [9.17, 15) is 16.8 Å². The van der Waals surface area contributed by atoms with Gasteiger partial charge in [0.1, 0.15) is 9.84 Å². The Morgan fingerprint density at radius 3 is 2.06 bits per heavy atom. The maximum absolute atomic E-state index is 12.0. The Bertz CT molecular complexity index is 450. The summed E-state index contributed by atoms with van der Waals surface area (Å²) in [5, 5.41) is -0.538. The first kappa shape index (κ1) is 12.3. The van der Waals surface area contributed by atoms with Crippen molar-refractivity contribution >= 4 is 19.9 Å². The van der Waals surface area contributed by atoms with Gasteiger partial charge in [0.2, 0.25) is 10.0 Å². The summed E-state index contributed by atoms with van der Waals surface area (Å²) in [6, 6.07) is -0.0675. The van der Waals surface area contributed by atoms with Crippen molar-refractivity contribution in [3.05, 3.63) is 0 Å². The molecule has 2 heterocycles. The first-order valence-corrected chi connectivity index (χ1v) is 8.59. The molecule has 0 aromatic carbocycles. The topological polar surface area (TPSA) is 97.5 Å². The van der Waals surface area contributed by atoms with Gasteiger partial charge in [-0.25, -0.2) is 16.8 Å². The van der Waals surface area contributed by atoms with Gasteiger partial charge in [0.15, 0.2) is 0 Å². The van der Waals surface area contributed by atoms with Crippen molar-refractivity contribution in [3.8, 4) is 0 Å². The van der Waals surface area contributed by atoms with Crippen LogP contribution in [0.1, 0.15) is 12.8 Å². The Balaban J connectivity index is 2.03. The number of rotatable bonds is 2. The molecule has 0 aliphatic carbocycles. The molecular formula is C8H16N2O4S2. The minimum Gasteiger partial charge on any atom is -0.325 e. The van der Waals surface area contributed by atoms with E-state index in [4.69, 9.17) is 5.73 Å². The predicted octanol–water partition coefficient (Wildman–Crippen LogP) is -1.46. The van der Waals surface area contributed by atoms with Gasteiger partial charge in [-0.3, -0.25) is 0 Å². The van der Waals surface area contributed by atoms with Crippen LogP contribution in [0.5, 0.6) is 0 Å². The molecule has 2 N–H and O–H groups in total. The van der Waals surface area contributed by atoms with E-state index in [1.807, 2.05) is 0 Å². The monoisotopic (exact) mass is 268 g/mol. The van der Waals surface area contributed by atoms with Crippen LogP contribution >= 0.6 is 0 Å². The third-order valence-corrected chi connectivity index (χ3v) is 7.21. The van der Waals surface area contributed by atoms with E-state index in [1.165, 1.54) is 4.31 Å². The normalized spacial score (nSPS) is 28.8. The van der Waals surface area contributed by atoms with Crippen LogP contribution in [0.15, 0.2) is 0 Å². The van der Waals surface area contributed by atoms with Crippen LogP contribution in [0.25, 0.3) is 0 Å². The fourth-order valence-corrected chi connectivity index (χ4v) is 5.90. The minimum absolute atomic E-state index is 0.0171. The summed E-state index contributed by atoms with van der Waals surface area (Å²) in [4.78, 5) is 0. The van der Waals surface area contributed by atoms with Crippen LogP contribution in [-0.4, -0.2) is 57.0 Å². The van der Waals surface area contributed by atoms with Crippen LogP contribution in [0.2, 0.25) is 0 Å². The van der Waals surface area contributed by atoms with E-state index in [0.717, 1.165) is 0 Å². The molecule has 0 bridgehead atoms. The van der Waals surface area contributed by atoms with Gasteiger partial charge in [-0.2, -0.15) is 4.31 Å². The zero-order valence-corrected chi connectivity index (χ0v) is 10.5. The van der Waals surface area contributed by atoms with Crippen LogP contribution in [0.3, 0.4) is 0 Å². The average molecular weight is 268 g/mol. The number of hydrogen-bond acceptors (Lipinski definition) is 5. The first-order chi connectivity index (χ1) is 7.31. The van der Waals surface area contributed by atoms with Gasteiger partial charge in [0.25, 0.3) is 0 Å². The van der Waals surface area contributed by atoms with E-state index in [1.54, 1.807) is 0 Å². The highest BCUT2D eigenvalue weighted by molar-refractivity contribution is 7.92. The van der Waals surface area contributed by atoms with Crippen molar-refractivity contribution in [2.45, 2.75) is 24.1 Å². The third-order valence-electron chi connectivity index (χ3n) is 3.16. The lowest BCUT2D eigenvalue weighted by atomic mass is 10.2. The van der Waals surface area contributed by atoms with Crippen molar-refractivity contribution < 1.29 is 16.8 Å². The van der Waals surface area contributed by atoms with Crippen molar-refractivity contribution in [2.24, 2.45) is 5.73 Å². The van der Waals surface area contributed by atoms with Crippen LogP contribution in [0, 0.1) is 0 Å². The molecule has 2 rings (SSSR count). The molecule has 2 fully saturated rings. The van der Waals surface area contributed by atoms with E-state index < -0.39 is 25.1 Å². The zero-order chi connectivity index (χ0) is 12.0. The predicted molar refractivity (Wildman–Crippen MR) is 60.1 cm³/mol. The molecule has 0 spiro atoms. The second-order valence-electron chi connectivity index (χ2n) is 4.47. The summed E-state index contributed by atoms with van der Waals surface area (Å²) >= 11 is 0. The lowest BCUT2D eigenvalue weighted by Crippen LogP contribution is -2.60. The summed E-state index contributed by atoms with van der Waals surface area (Å²) in [6.07, 6.45) is 0.437. The van der Waals surface area contributed by atoms with Gasteiger partial charge in [0.05, 0.1) is 16.8 Å². The van der Waals surface area contributed by atoms with Crippen LogP contribution in [-0.2, 0) is 19.9 Å². The van der Waals surface area contributed by atoms with Crippen molar-refractivity contribution in [2.75, 3.05) is 24.6 Å². The lowest BCUT2D eigenvalue weighted by molar-refractivity contribution is 0.261. The smallest absolute Gasteiger partial charge is 0.217 e. The Kier molecular flexibility index (Phi) is 3.02. The Morgan fingerprint density at radius 2 is 1.62 bits per heavy atom. The largest absolute Gasteiger partial charge is 0.325 e. The molecule has 8 heteroatoms. The SMILES string of the molecule is NC1CN(S(=O)(=O)C2CCS(=O)(=O)CC2)C1. The molecule has 0 aromatic heterocycles. The molecule has 0 unspecified atom stereocenters. The number of sulfonamides is 1. The molecule has 6 nitrogen and oxygen atoms in total. The molecule has 0 aromatic rings.